The van der Waals surface area contributed by atoms with Crippen LogP contribution in [0.3, 0.4) is 0 Å². The summed E-state index contributed by atoms with van der Waals surface area (Å²) in [6.07, 6.45) is 7.09. The van der Waals surface area contributed by atoms with E-state index in [-0.39, 0.29) is 0 Å². The number of aryl methyl sites for hydroxylation is 1. The second-order valence-corrected chi connectivity index (χ2v) is 8.80. The van der Waals surface area contributed by atoms with Gasteiger partial charge in [-0.15, -0.1) is 11.3 Å². The summed E-state index contributed by atoms with van der Waals surface area (Å²) in [7, 11) is 1.63. The molecule has 6 heterocycles. The first-order valence-electron chi connectivity index (χ1n) is 10.1. The fourth-order valence-corrected chi connectivity index (χ4v) is 4.81. The lowest BCUT2D eigenvalue weighted by molar-refractivity contribution is 0.413. The van der Waals surface area contributed by atoms with Gasteiger partial charge in [0, 0.05) is 44.0 Å². The highest BCUT2D eigenvalue weighted by Crippen LogP contribution is 2.36. The minimum Gasteiger partial charge on any atom is -0.495 e. The molecule has 6 aromatic rings. The third-order valence-corrected chi connectivity index (χ3v) is 6.52. The molecule has 156 valence electrons. The first-order chi connectivity index (χ1) is 15.7. The predicted molar refractivity (Wildman–Crippen MR) is 127 cm³/mol. The van der Waals surface area contributed by atoms with Crippen LogP contribution in [0.25, 0.3) is 55.0 Å². The van der Waals surface area contributed by atoms with Crippen molar-refractivity contribution >= 4 is 33.3 Å². The van der Waals surface area contributed by atoms with Gasteiger partial charge in [0.1, 0.15) is 17.1 Å². The number of aromatic nitrogens is 6. The Morgan fingerprint density at radius 2 is 1.91 bits per heavy atom. The van der Waals surface area contributed by atoms with Crippen molar-refractivity contribution in [3.8, 4) is 38.8 Å². The number of hydrogen-bond donors (Lipinski definition) is 2. The molecule has 0 aliphatic carbocycles. The molecule has 32 heavy (non-hydrogen) atoms. The van der Waals surface area contributed by atoms with E-state index in [2.05, 4.69) is 61.3 Å². The van der Waals surface area contributed by atoms with Crippen LogP contribution in [0.4, 0.5) is 0 Å². The van der Waals surface area contributed by atoms with Crippen molar-refractivity contribution in [3.05, 3.63) is 66.1 Å². The van der Waals surface area contributed by atoms with E-state index < -0.39 is 0 Å². The van der Waals surface area contributed by atoms with Crippen molar-refractivity contribution in [1.82, 2.24) is 30.1 Å². The summed E-state index contributed by atoms with van der Waals surface area (Å²) in [6, 6.07) is 12.4. The Kier molecular flexibility index (Phi) is 4.26. The Labute approximate surface area is 187 Å². The zero-order valence-corrected chi connectivity index (χ0v) is 18.2. The van der Waals surface area contributed by atoms with Gasteiger partial charge in [-0.05, 0) is 43.3 Å². The lowest BCUT2D eigenvalue weighted by atomic mass is 10.1. The van der Waals surface area contributed by atoms with E-state index in [9.17, 15) is 0 Å². The van der Waals surface area contributed by atoms with E-state index in [1.165, 1.54) is 15.3 Å². The fourth-order valence-electron chi connectivity index (χ4n) is 3.90. The molecule has 2 N–H and O–H groups in total. The number of rotatable bonds is 4. The normalized spacial score (nSPS) is 11.4. The lowest BCUT2D eigenvalue weighted by Gasteiger charge is -2.04. The maximum Gasteiger partial charge on any atom is 0.138 e. The SMILES string of the molecule is COc1cncc(-c2cc3c(-c4cc5c(-c6ccc(C)s6)ccnc5[nH]4)n[nH]c3cn2)c1. The zero-order valence-electron chi connectivity index (χ0n) is 17.4. The monoisotopic (exact) mass is 438 g/mol. The number of fused-ring (bicyclic) bond motifs is 2. The zero-order chi connectivity index (χ0) is 21.7. The Morgan fingerprint density at radius 3 is 2.75 bits per heavy atom. The Hall–Kier alpha value is -4.04. The van der Waals surface area contributed by atoms with E-state index in [0.29, 0.717) is 5.75 Å². The molecule has 0 aliphatic rings. The topological polar surface area (TPSA) is 92.4 Å². The number of nitrogens with one attached hydrogen (secondary N) is 2. The van der Waals surface area contributed by atoms with Crippen molar-refractivity contribution in [2.24, 2.45) is 0 Å². The van der Waals surface area contributed by atoms with Crippen molar-refractivity contribution in [3.63, 3.8) is 0 Å². The summed E-state index contributed by atoms with van der Waals surface area (Å²) in [4.78, 5) is 19.3. The van der Waals surface area contributed by atoms with Gasteiger partial charge in [0.15, 0.2) is 0 Å². The number of ether oxygens (including phenoxy) is 1. The molecule has 0 fully saturated rings. The summed E-state index contributed by atoms with van der Waals surface area (Å²) >= 11 is 1.78. The highest BCUT2D eigenvalue weighted by Gasteiger charge is 2.16. The number of H-pyrrole nitrogens is 2. The van der Waals surface area contributed by atoms with E-state index >= 15 is 0 Å². The van der Waals surface area contributed by atoms with Gasteiger partial charge in [-0.1, -0.05) is 0 Å². The summed E-state index contributed by atoms with van der Waals surface area (Å²) in [5.41, 5.74) is 6.28. The quantitative estimate of drug-likeness (QED) is 0.373. The predicted octanol–water partition coefficient (Wildman–Crippen LogP) is 5.61. The minimum atomic E-state index is 0.690. The van der Waals surface area contributed by atoms with Gasteiger partial charge in [-0.25, -0.2) is 4.98 Å². The van der Waals surface area contributed by atoms with Crippen molar-refractivity contribution in [2.45, 2.75) is 6.92 Å². The largest absolute Gasteiger partial charge is 0.495 e. The summed E-state index contributed by atoms with van der Waals surface area (Å²) < 4.78 is 5.30. The van der Waals surface area contributed by atoms with Gasteiger partial charge in [0.05, 0.1) is 36.4 Å². The number of nitrogens with zero attached hydrogens (tertiary/aromatic N) is 4. The first kappa shape index (κ1) is 18.7. The van der Waals surface area contributed by atoms with E-state index in [1.54, 1.807) is 37.0 Å². The average Bonchev–Trinajstić information content (AvgIpc) is 3.55. The Balaban J connectivity index is 1.49. The van der Waals surface area contributed by atoms with Gasteiger partial charge in [0.2, 0.25) is 0 Å². The molecule has 0 atom stereocenters. The second kappa shape index (κ2) is 7.28. The molecule has 6 rings (SSSR count). The molecule has 0 unspecified atom stereocenters. The number of thiophene rings is 1. The van der Waals surface area contributed by atoms with Crippen LogP contribution in [0.15, 0.2) is 61.2 Å². The molecule has 0 saturated heterocycles. The van der Waals surface area contributed by atoms with Crippen LogP contribution in [0, 0.1) is 6.92 Å². The van der Waals surface area contributed by atoms with Crippen molar-refractivity contribution in [2.75, 3.05) is 7.11 Å². The molecular weight excluding hydrogens is 420 g/mol. The third-order valence-electron chi connectivity index (χ3n) is 5.48. The van der Waals surface area contributed by atoms with Gasteiger partial charge < -0.3 is 9.72 Å². The first-order valence-corrected chi connectivity index (χ1v) is 10.9. The van der Waals surface area contributed by atoms with Crippen LogP contribution in [0.1, 0.15) is 4.88 Å². The summed E-state index contributed by atoms with van der Waals surface area (Å²) in [5, 5.41) is 9.71. The molecule has 0 saturated carbocycles. The van der Waals surface area contributed by atoms with Gasteiger partial charge in [-0.2, -0.15) is 5.10 Å². The standard InChI is InChI=1S/C24H18N6OS/c1-13-3-4-22(32-13)16-5-6-26-24-17(16)8-20(28-24)23-18-9-19(27-12-21(18)29-30-23)14-7-15(31-2)11-25-10-14/h3-12H,1-2H3,(H,26,28)(H,29,30). The molecule has 0 spiro atoms. The highest BCUT2D eigenvalue weighted by molar-refractivity contribution is 7.15. The molecule has 7 nitrogen and oxygen atoms in total. The molecule has 0 aromatic carbocycles. The number of methoxy groups -OCH3 is 1. The summed E-state index contributed by atoms with van der Waals surface area (Å²) in [5.74, 6) is 0.690. The van der Waals surface area contributed by atoms with E-state index in [0.717, 1.165) is 44.6 Å². The van der Waals surface area contributed by atoms with Crippen LogP contribution < -0.4 is 4.74 Å². The molecule has 0 radical (unpaired) electrons. The fraction of sp³-hybridized carbons (Fsp3) is 0.0833. The maximum atomic E-state index is 5.30. The van der Waals surface area contributed by atoms with Crippen LogP contribution in [-0.4, -0.2) is 37.2 Å². The van der Waals surface area contributed by atoms with Crippen LogP contribution >= 0.6 is 11.3 Å². The summed E-state index contributed by atoms with van der Waals surface area (Å²) in [6.45, 7) is 2.12. The number of hydrogen-bond acceptors (Lipinski definition) is 6. The molecule has 0 bridgehead atoms. The molecular formula is C24H18N6OS. The van der Waals surface area contributed by atoms with Gasteiger partial charge in [-0.3, -0.25) is 15.1 Å². The highest BCUT2D eigenvalue weighted by atomic mass is 32.1. The van der Waals surface area contributed by atoms with E-state index in [4.69, 9.17) is 4.74 Å². The van der Waals surface area contributed by atoms with Gasteiger partial charge >= 0.3 is 0 Å². The lowest BCUT2D eigenvalue weighted by Crippen LogP contribution is -1.88. The average molecular weight is 439 g/mol. The second-order valence-electron chi connectivity index (χ2n) is 7.51. The van der Waals surface area contributed by atoms with Crippen molar-refractivity contribution in [1.29, 1.82) is 0 Å². The Bertz CT molecular complexity index is 1600. The van der Waals surface area contributed by atoms with Crippen LogP contribution in [-0.2, 0) is 0 Å². The van der Waals surface area contributed by atoms with Crippen LogP contribution in [0.5, 0.6) is 5.75 Å². The van der Waals surface area contributed by atoms with Crippen molar-refractivity contribution < 1.29 is 4.74 Å². The van der Waals surface area contributed by atoms with E-state index in [1.807, 2.05) is 18.3 Å². The Morgan fingerprint density at radius 1 is 0.969 bits per heavy atom. The maximum absolute atomic E-state index is 5.30. The molecule has 6 aromatic heterocycles. The molecule has 8 heteroatoms. The minimum absolute atomic E-state index is 0.690. The third kappa shape index (κ3) is 3.04. The number of pyridine rings is 3. The number of aromatic amines is 2. The van der Waals surface area contributed by atoms with Crippen LogP contribution in [0.2, 0.25) is 0 Å². The molecule has 0 aliphatic heterocycles. The molecule has 0 amide bonds. The van der Waals surface area contributed by atoms with Gasteiger partial charge in [0.25, 0.3) is 0 Å². The smallest absolute Gasteiger partial charge is 0.138 e.